The van der Waals surface area contributed by atoms with Crippen LogP contribution in [0.3, 0.4) is 0 Å². The monoisotopic (exact) mass is 394 g/mol. The van der Waals surface area contributed by atoms with E-state index >= 15 is 0 Å². The van der Waals surface area contributed by atoms with E-state index in [4.69, 9.17) is 0 Å². The first-order chi connectivity index (χ1) is 13.6. The number of aryl methyl sites for hydroxylation is 2. The summed E-state index contributed by atoms with van der Waals surface area (Å²) in [6.07, 6.45) is 4.87. The Morgan fingerprint density at radius 1 is 0.857 bits per heavy atom. The van der Waals surface area contributed by atoms with Crippen LogP contribution in [0.1, 0.15) is 52.0 Å². The van der Waals surface area contributed by atoms with Gasteiger partial charge in [-0.3, -0.25) is 19.3 Å². The summed E-state index contributed by atoms with van der Waals surface area (Å²) in [5, 5.41) is 0. The van der Waals surface area contributed by atoms with Crippen molar-refractivity contribution in [2.24, 2.45) is 7.05 Å². The van der Waals surface area contributed by atoms with Crippen molar-refractivity contribution in [1.82, 2.24) is 9.47 Å². The SMILES string of the molecule is Cn1c(=O)sc2cc(CCCCCCN3C(=O)c4ccccc4C3=O)ccc21. The lowest BCUT2D eigenvalue weighted by Gasteiger charge is -2.13. The van der Waals surface area contributed by atoms with Crippen LogP contribution in [-0.4, -0.2) is 27.8 Å². The molecule has 4 rings (SSSR count). The molecular formula is C22H22N2O3S. The Hall–Kier alpha value is -2.73. The lowest BCUT2D eigenvalue weighted by Crippen LogP contribution is -2.30. The van der Waals surface area contributed by atoms with Crippen LogP contribution in [0.25, 0.3) is 10.2 Å². The molecule has 0 radical (unpaired) electrons. The van der Waals surface area contributed by atoms with E-state index in [1.807, 2.05) is 6.07 Å². The van der Waals surface area contributed by atoms with Crippen molar-refractivity contribution in [3.63, 3.8) is 0 Å². The second-order valence-corrected chi connectivity index (χ2v) is 8.19. The quantitative estimate of drug-likeness (QED) is 0.450. The topological polar surface area (TPSA) is 59.4 Å². The number of rotatable bonds is 7. The number of hydrogen-bond donors (Lipinski definition) is 0. The van der Waals surface area contributed by atoms with Gasteiger partial charge in [-0.05, 0) is 49.1 Å². The van der Waals surface area contributed by atoms with Gasteiger partial charge >= 0.3 is 4.87 Å². The molecule has 0 atom stereocenters. The number of nitrogens with zero attached hydrogens (tertiary/aromatic N) is 2. The van der Waals surface area contributed by atoms with E-state index in [1.165, 1.54) is 21.8 Å². The third kappa shape index (κ3) is 3.40. The zero-order valence-electron chi connectivity index (χ0n) is 15.8. The standard InChI is InChI=1S/C22H22N2O3S/c1-23-18-12-11-15(14-19(18)28-22(23)27)8-4-2-3-7-13-24-20(25)16-9-5-6-10-17(16)21(24)26/h5-6,9-12,14H,2-4,7-8,13H2,1H3. The van der Waals surface area contributed by atoms with Crippen molar-refractivity contribution in [2.45, 2.75) is 32.1 Å². The molecule has 1 aromatic heterocycles. The fourth-order valence-electron chi connectivity index (χ4n) is 3.73. The van der Waals surface area contributed by atoms with E-state index in [9.17, 15) is 14.4 Å². The number of imide groups is 1. The van der Waals surface area contributed by atoms with Crippen LogP contribution < -0.4 is 4.87 Å². The molecule has 0 N–H and O–H groups in total. The molecule has 1 aliphatic rings. The van der Waals surface area contributed by atoms with Gasteiger partial charge in [0.1, 0.15) is 0 Å². The summed E-state index contributed by atoms with van der Waals surface area (Å²) in [5.41, 5.74) is 3.27. The summed E-state index contributed by atoms with van der Waals surface area (Å²) >= 11 is 1.29. The van der Waals surface area contributed by atoms with Crippen LogP contribution >= 0.6 is 11.3 Å². The lowest BCUT2D eigenvalue weighted by molar-refractivity contribution is 0.0651. The predicted octanol–water partition coefficient (Wildman–Crippen LogP) is 4.00. The van der Waals surface area contributed by atoms with Crippen LogP contribution in [0.15, 0.2) is 47.3 Å². The second kappa shape index (κ2) is 7.72. The van der Waals surface area contributed by atoms with Crippen LogP contribution in [-0.2, 0) is 13.5 Å². The normalized spacial score (nSPS) is 13.5. The molecule has 0 fully saturated rings. The van der Waals surface area contributed by atoms with Gasteiger partial charge in [0.15, 0.2) is 0 Å². The Bertz CT molecular complexity index is 1080. The highest BCUT2D eigenvalue weighted by molar-refractivity contribution is 7.16. The first-order valence-electron chi connectivity index (χ1n) is 9.60. The highest BCUT2D eigenvalue weighted by atomic mass is 32.1. The number of aromatic nitrogens is 1. The average molecular weight is 394 g/mol. The summed E-state index contributed by atoms with van der Waals surface area (Å²) < 4.78 is 2.72. The van der Waals surface area contributed by atoms with E-state index in [1.54, 1.807) is 35.9 Å². The van der Waals surface area contributed by atoms with Gasteiger partial charge in [-0.25, -0.2) is 0 Å². The molecule has 1 aliphatic heterocycles. The van der Waals surface area contributed by atoms with Gasteiger partial charge in [0, 0.05) is 13.6 Å². The number of amides is 2. The molecule has 0 saturated heterocycles. The lowest BCUT2D eigenvalue weighted by atomic mass is 10.1. The molecule has 2 aromatic carbocycles. The van der Waals surface area contributed by atoms with Gasteiger partial charge in [0.25, 0.3) is 11.8 Å². The fraction of sp³-hybridized carbons (Fsp3) is 0.318. The Labute approximate surface area is 167 Å². The van der Waals surface area contributed by atoms with Crippen molar-refractivity contribution >= 4 is 33.4 Å². The molecule has 144 valence electrons. The van der Waals surface area contributed by atoms with Gasteiger partial charge in [-0.15, -0.1) is 0 Å². The van der Waals surface area contributed by atoms with Gasteiger partial charge in [-0.2, -0.15) is 0 Å². The molecule has 0 bridgehead atoms. The van der Waals surface area contributed by atoms with Crippen LogP contribution in [0.5, 0.6) is 0 Å². The fourth-order valence-corrected chi connectivity index (χ4v) is 4.67. The third-order valence-corrected chi connectivity index (χ3v) is 6.33. The Balaban J connectivity index is 1.23. The summed E-state index contributed by atoms with van der Waals surface area (Å²) in [5.74, 6) is -0.341. The first-order valence-corrected chi connectivity index (χ1v) is 10.4. The molecule has 0 saturated carbocycles. The number of unbranched alkanes of at least 4 members (excludes halogenated alkanes) is 3. The number of carbonyl (C=O) groups is 2. The highest BCUT2D eigenvalue weighted by Gasteiger charge is 2.34. The van der Waals surface area contributed by atoms with E-state index < -0.39 is 0 Å². The molecule has 6 heteroatoms. The number of hydrogen-bond acceptors (Lipinski definition) is 4. The van der Waals surface area contributed by atoms with Crippen LogP contribution in [0.4, 0.5) is 0 Å². The molecular weight excluding hydrogens is 372 g/mol. The molecule has 28 heavy (non-hydrogen) atoms. The summed E-state index contributed by atoms with van der Waals surface area (Å²) in [6.45, 7) is 0.482. The first kappa shape index (κ1) is 18.6. The smallest absolute Gasteiger partial charge is 0.302 e. The van der Waals surface area contributed by atoms with Gasteiger partial charge in [-0.1, -0.05) is 42.4 Å². The van der Waals surface area contributed by atoms with Crippen molar-refractivity contribution in [1.29, 1.82) is 0 Å². The Kier molecular flexibility index (Phi) is 5.13. The number of fused-ring (bicyclic) bond motifs is 2. The molecule has 5 nitrogen and oxygen atoms in total. The van der Waals surface area contributed by atoms with E-state index in [2.05, 4.69) is 12.1 Å². The van der Waals surface area contributed by atoms with Crippen molar-refractivity contribution in [3.05, 3.63) is 68.8 Å². The largest absolute Gasteiger partial charge is 0.307 e. The number of thiazole rings is 1. The zero-order chi connectivity index (χ0) is 19.7. The maximum atomic E-state index is 12.3. The van der Waals surface area contributed by atoms with Gasteiger partial charge < -0.3 is 4.57 Å². The van der Waals surface area contributed by atoms with Gasteiger partial charge in [0.05, 0.1) is 21.3 Å². The predicted molar refractivity (Wildman–Crippen MR) is 111 cm³/mol. The van der Waals surface area contributed by atoms with E-state index in [0.29, 0.717) is 17.7 Å². The maximum absolute atomic E-state index is 12.3. The van der Waals surface area contributed by atoms with E-state index in [-0.39, 0.29) is 16.7 Å². The Morgan fingerprint density at radius 3 is 2.25 bits per heavy atom. The van der Waals surface area contributed by atoms with Crippen molar-refractivity contribution in [3.8, 4) is 0 Å². The summed E-state index contributed by atoms with van der Waals surface area (Å²) in [4.78, 5) is 37.8. The third-order valence-electron chi connectivity index (χ3n) is 5.33. The van der Waals surface area contributed by atoms with Crippen molar-refractivity contribution < 1.29 is 9.59 Å². The minimum Gasteiger partial charge on any atom is -0.302 e. The summed E-state index contributed by atoms with van der Waals surface area (Å²) in [7, 11) is 1.80. The zero-order valence-corrected chi connectivity index (χ0v) is 16.6. The number of carbonyl (C=O) groups excluding carboxylic acids is 2. The van der Waals surface area contributed by atoms with Crippen molar-refractivity contribution in [2.75, 3.05) is 6.54 Å². The van der Waals surface area contributed by atoms with Gasteiger partial charge in [0.2, 0.25) is 0 Å². The molecule has 0 aliphatic carbocycles. The molecule has 2 amide bonds. The van der Waals surface area contributed by atoms with Crippen LogP contribution in [0.2, 0.25) is 0 Å². The highest BCUT2D eigenvalue weighted by Crippen LogP contribution is 2.23. The van der Waals surface area contributed by atoms with Crippen LogP contribution in [0, 0.1) is 0 Å². The molecule has 0 spiro atoms. The molecule has 3 aromatic rings. The minimum absolute atomic E-state index is 0.0697. The summed E-state index contributed by atoms with van der Waals surface area (Å²) in [6, 6.07) is 13.2. The maximum Gasteiger partial charge on any atom is 0.307 e. The average Bonchev–Trinajstić information content (AvgIpc) is 3.12. The molecule has 0 unspecified atom stereocenters. The van der Waals surface area contributed by atoms with E-state index in [0.717, 1.165) is 42.3 Å². The minimum atomic E-state index is -0.171. The molecule has 2 heterocycles. The number of benzene rings is 2. The Morgan fingerprint density at radius 2 is 1.54 bits per heavy atom. The second-order valence-electron chi connectivity index (χ2n) is 7.20.